The second kappa shape index (κ2) is 8.58. The van der Waals surface area contributed by atoms with Gasteiger partial charge in [0.05, 0.1) is 17.3 Å². The number of imidazole rings is 1. The lowest BCUT2D eigenvalue weighted by Crippen LogP contribution is -2.43. The Morgan fingerprint density at radius 1 is 1.33 bits per heavy atom. The van der Waals surface area contributed by atoms with E-state index in [0.717, 1.165) is 36.5 Å². The molecule has 1 aliphatic rings. The number of fused-ring (bicyclic) bond motifs is 1. The first-order valence-electron chi connectivity index (χ1n) is 10.1. The van der Waals surface area contributed by atoms with Crippen molar-refractivity contribution in [3.63, 3.8) is 0 Å². The van der Waals surface area contributed by atoms with Crippen molar-refractivity contribution in [2.75, 3.05) is 25.0 Å². The van der Waals surface area contributed by atoms with Gasteiger partial charge in [-0.25, -0.2) is 19.9 Å². The van der Waals surface area contributed by atoms with Crippen molar-refractivity contribution in [2.45, 2.75) is 26.8 Å². The fourth-order valence-electron chi connectivity index (χ4n) is 3.49. The van der Waals surface area contributed by atoms with Crippen molar-refractivity contribution in [2.24, 2.45) is 16.6 Å². The van der Waals surface area contributed by atoms with E-state index in [2.05, 4.69) is 54.0 Å². The Hall–Kier alpha value is -3.33. The zero-order valence-corrected chi connectivity index (χ0v) is 17.5. The summed E-state index contributed by atoms with van der Waals surface area (Å²) >= 11 is 0. The molecule has 4 heterocycles. The molecule has 9 nitrogen and oxygen atoms in total. The predicted octanol–water partition coefficient (Wildman–Crippen LogP) is 2.44. The van der Waals surface area contributed by atoms with E-state index >= 15 is 0 Å². The van der Waals surface area contributed by atoms with Crippen LogP contribution in [0.1, 0.15) is 31.5 Å². The van der Waals surface area contributed by atoms with Gasteiger partial charge in [0.2, 0.25) is 0 Å². The molecule has 0 unspecified atom stereocenters. The molecule has 30 heavy (non-hydrogen) atoms. The minimum Gasteiger partial charge on any atom is -0.404 e. The summed E-state index contributed by atoms with van der Waals surface area (Å²) in [5.74, 6) is 3.41. The second-order valence-electron chi connectivity index (χ2n) is 7.71. The Labute approximate surface area is 175 Å². The summed E-state index contributed by atoms with van der Waals surface area (Å²) in [4.78, 5) is 22.5. The minimum absolute atomic E-state index is 0.308. The monoisotopic (exact) mass is 405 g/mol. The lowest BCUT2D eigenvalue weighted by Gasteiger charge is -2.24. The van der Waals surface area contributed by atoms with Gasteiger partial charge in [0, 0.05) is 56.3 Å². The number of allylic oxidation sites excluding steroid dienone is 1. The maximum absolute atomic E-state index is 5.79. The van der Waals surface area contributed by atoms with E-state index in [1.807, 2.05) is 13.0 Å². The van der Waals surface area contributed by atoms with Crippen molar-refractivity contribution in [3.05, 3.63) is 42.4 Å². The topological polar surface area (TPSA) is 119 Å². The van der Waals surface area contributed by atoms with Gasteiger partial charge >= 0.3 is 0 Å². The van der Waals surface area contributed by atoms with Crippen LogP contribution in [0.3, 0.4) is 0 Å². The molecule has 0 atom stereocenters. The van der Waals surface area contributed by atoms with Crippen LogP contribution in [-0.4, -0.2) is 50.4 Å². The summed E-state index contributed by atoms with van der Waals surface area (Å²) in [6, 6.07) is 4.10. The summed E-state index contributed by atoms with van der Waals surface area (Å²) < 4.78 is 2.19. The van der Waals surface area contributed by atoms with Crippen molar-refractivity contribution >= 4 is 34.5 Å². The number of anilines is 2. The zero-order chi connectivity index (χ0) is 21.1. The van der Waals surface area contributed by atoms with Gasteiger partial charge in [0.1, 0.15) is 23.0 Å². The normalized spacial score (nSPS) is 15.3. The van der Waals surface area contributed by atoms with Crippen molar-refractivity contribution in [1.82, 2.24) is 29.8 Å². The third-order valence-corrected chi connectivity index (χ3v) is 5.08. The lowest BCUT2D eigenvalue weighted by molar-refractivity contribution is 0.358. The molecule has 4 rings (SSSR count). The first-order valence-corrected chi connectivity index (χ1v) is 10.1. The van der Waals surface area contributed by atoms with E-state index in [0.29, 0.717) is 35.0 Å². The molecule has 3 aromatic heterocycles. The average molecular weight is 406 g/mol. The molecule has 1 saturated heterocycles. The van der Waals surface area contributed by atoms with Gasteiger partial charge in [0.15, 0.2) is 5.82 Å². The molecule has 0 saturated carbocycles. The maximum atomic E-state index is 5.79. The van der Waals surface area contributed by atoms with E-state index in [-0.39, 0.29) is 0 Å². The number of nitrogens with one attached hydrogen (secondary N) is 2. The highest BCUT2D eigenvalue weighted by Crippen LogP contribution is 2.23. The van der Waals surface area contributed by atoms with Crippen LogP contribution in [0, 0.1) is 12.8 Å². The van der Waals surface area contributed by atoms with Crippen LogP contribution in [0.5, 0.6) is 0 Å². The first-order chi connectivity index (χ1) is 14.5. The summed E-state index contributed by atoms with van der Waals surface area (Å²) in [6.45, 7) is 9.09. The highest BCUT2D eigenvalue weighted by Gasteiger charge is 2.15. The number of nitrogens with two attached hydrogens (primary N) is 1. The van der Waals surface area contributed by atoms with Gasteiger partial charge in [-0.3, -0.25) is 4.99 Å². The Morgan fingerprint density at radius 3 is 2.87 bits per heavy atom. The summed E-state index contributed by atoms with van der Waals surface area (Å²) in [6.07, 6.45) is 6.69. The van der Waals surface area contributed by atoms with Gasteiger partial charge in [0.25, 0.3) is 0 Å². The van der Waals surface area contributed by atoms with Crippen molar-refractivity contribution in [1.29, 1.82) is 0 Å². The number of aromatic nitrogens is 5. The smallest absolute Gasteiger partial charge is 0.164 e. The Bertz CT molecular complexity index is 1090. The number of hydrogen-bond acceptors (Lipinski definition) is 8. The second-order valence-corrected chi connectivity index (χ2v) is 7.71. The van der Waals surface area contributed by atoms with Crippen LogP contribution in [-0.2, 0) is 0 Å². The maximum Gasteiger partial charge on any atom is 0.164 e. The fraction of sp³-hybridized carbons (Fsp3) is 0.381. The molecule has 1 aliphatic heterocycles. The highest BCUT2D eigenvalue weighted by atomic mass is 15.1. The first kappa shape index (κ1) is 20.0. The van der Waals surface area contributed by atoms with Crippen LogP contribution >= 0.6 is 0 Å². The van der Waals surface area contributed by atoms with Crippen LogP contribution in [0.4, 0.5) is 11.6 Å². The standard InChI is InChI=1S/C21H27N9/c1-13(2)30-14(3)27-17-12-26-20(6-18(17)30)28-19-4-5-25-21(29-19)16(7-22)11-24-10-15-8-23-9-15/h4-7,11-13,15,23H,8-10,22H2,1-3H3,(H,25,26,28,29). The quantitative estimate of drug-likeness (QED) is 0.517. The van der Waals surface area contributed by atoms with Gasteiger partial charge < -0.3 is 20.9 Å². The van der Waals surface area contributed by atoms with E-state index in [1.165, 1.54) is 6.20 Å². The number of aryl methyl sites for hydroxylation is 1. The van der Waals surface area contributed by atoms with Crippen LogP contribution in [0.25, 0.3) is 16.6 Å². The third-order valence-electron chi connectivity index (χ3n) is 5.08. The summed E-state index contributed by atoms with van der Waals surface area (Å²) in [5, 5.41) is 6.50. The number of aliphatic imine (C=N–C) groups is 1. The number of pyridine rings is 1. The van der Waals surface area contributed by atoms with Crippen molar-refractivity contribution in [3.8, 4) is 0 Å². The number of nitrogens with zero attached hydrogens (tertiary/aromatic N) is 6. The number of rotatable bonds is 7. The van der Waals surface area contributed by atoms with Crippen LogP contribution in [0.2, 0.25) is 0 Å². The lowest BCUT2D eigenvalue weighted by atomic mass is 10.0. The van der Waals surface area contributed by atoms with E-state index in [1.54, 1.807) is 24.7 Å². The van der Waals surface area contributed by atoms with Gasteiger partial charge in [-0.05, 0) is 26.8 Å². The molecule has 156 valence electrons. The molecule has 3 aromatic rings. The molecule has 0 amide bonds. The van der Waals surface area contributed by atoms with Gasteiger partial charge in [-0.1, -0.05) is 0 Å². The van der Waals surface area contributed by atoms with Gasteiger partial charge in [-0.15, -0.1) is 0 Å². The molecule has 1 fully saturated rings. The van der Waals surface area contributed by atoms with E-state index in [4.69, 9.17) is 5.73 Å². The Balaban J connectivity index is 1.54. The van der Waals surface area contributed by atoms with Crippen LogP contribution in [0.15, 0.2) is 35.7 Å². The number of hydrogen-bond donors (Lipinski definition) is 3. The van der Waals surface area contributed by atoms with E-state index in [9.17, 15) is 0 Å². The molecular weight excluding hydrogens is 378 g/mol. The largest absolute Gasteiger partial charge is 0.404 e. The Kier molecular flexibility index (Phi) is 5.71. The molecule has 0 aromatic carbocycles. The third kappa shape index (κ3) is 4.16. The highest BCUT2D eigenvalue weighted by molar-refractivity contribution is 6.08. The SMILES string of the molecule is Cc1nc2cnc(Nc3ccnc(C(C=NCC4CNC4)=CN)n3)cc2n1C(C)C. The molecule has 0 aliphatic carbocycles. The Morgan fingerprint density at radius 2 is 2.17 bits per heavy atom. The van der Waals surface area contributed by atoms with Crippen LogP contribution < -0.4 is 16.4 Å². The van der Waals surface area contributed by atoms with Gasteiger partial charge in [-0.2, -0.15) is 0 Å². The molecule has 9 heteroatoms. The summed E-state index contributed by atoms with van der Waals surface area (Å²) in [5.41, 5.74) is 8.39. The minimum atomic E-state index is 0.308. The molecule has 0 spiro atoms. The average Bonchev–Trinajstić information content (AvgIpc) is 3.02. The summed E-state index contributed by atoms with van der Waals surface area (Å²) in [7, 11) is 0. The molecule has 0 bridgehead atoms. The molecule has 0 radical (unpaired) electrons. The zero-order valence-electron chi connectivity index (χ0n) is 17.5. The van der Waals surface area contributed by atoms with Crippen molar-refractivity contribution < 1.29 is 0 Å². The fourth-order valence-corrected chi connectivity index (χ4v) is 3.49. The molecular formula is C21H27N9. The molecule has 4 N–H and O–H groups in total. The van der Waals surface area contributed by atoms with E-state index < -0.39 is 0 Å². The predicted molar refractivity (Wildman–Crippen MR) is 120 cm³/mol.